The van der Waals surface area contributed by atoms with Gasteiger partial charge in [0.25, 0.3) is 5.91 Å². The van der Waals surface area contributed by atoms with Gasteiger partial charge in [-0.15, -0.1) is 0 Å². The number of hydrogen-bond donors (Lipinski definition) is 2. The van der Waals surface area contributed by atoms with Crippen molar-refractivity contribution in [2.24, 2.45) is 0 Å². The van der Waals surface area contributed by atoms with Gasteiger partial charge in [0.1, 0.15) is 23.0 Å². The first kappa shape index (κ1) is 23.1. The maximum absolute atomic E-state index is 13.4. The van der Waals surface area contributed by atoms with Crippen LogP contribution in [0.1, 0.15) is 29.4 Å². The fraction of sp³-hybridized carbons (Fsp3) is 0.148. The Morgan fingerprint density at radius 3 is 2.64 bits per heavy atom. The van der Waals surface area contributed by atoms with Crippen LogP contribution in [-0.2, 0) is 5.72 Å². The van der Waals surface area contributed by atoms with E-state index >= 15 is 0 Å². The molecule has 5 rings (SSSR count). The van der Waals surface area contributed by atoms with Crippen molar-refractivity contribution in [1.29, 1.82) is 0 Å². The number of carbonyl (C=O) groups is 1. The number of fused-ring (bicyclic) bond motifs is 1. The zero-order valence-corrected chi connectivity index (χ0v) is 19.7. The molecule has 0 radical (unpaired) electrons. The number of imidazole rings is 1. The Hall–Kier alpha value is -4.66. The van der Waals surface area contributed by atoms with Gasteiger partial charge >= 0.3 is 0 Å². The number of H-pyrrole nitrogens is 1. The van der Waals surface area contributed by atoms with Crippen molar-refractivity contribution in [1.82, 2.24) is 25.1 Å². The fourth-order valence-electron chi connectivity index (χ4n) is 4.09. The second kappa shape index (κ2) is 9.53. The Kier molecular flexibility index (Phi) is 6.12. The molecule has 0 fully saturated rings. The minimum atomic E-state index is -1.20. The molecule has 5 aromatic rings. The average molecular weight is 486 g/mol. The van der Waals surface area contributed by atoms with Gasteiger partial charge < -0.3 is 19.8 Å². The van der Waals surface area contributed by atoms with E-state index < -0.39 is 5.72 Å². The van der Waals surface area contributed by atoms with Crippen molar-refractivity contribution in [3.05, 3.63) is 103 Å². The molecule has 1 atom stereocenters. The lowest BCUT2D eigenvalue weighted by Crippen LogP contribution is -2.50. The number of rotatable bonds is 8. The summed E-state index contributed by atoms with van der Waals surface area (Å²) in [7, 11) is 1.59. The van der Waals surface area contributed by atoms with Gasteiger partial charge in [-0.3, -0.25) is 4.79 Å². The van der Waals surface area contributed by atoms with Crippen LogP contribution in [0.25, 0.3) is 16.6 Å². The first-order chi connectivity index (χ1) is 17.5. The summed E-state index contributed by atoms with van der Waals surface area (Å²) in [6, 6.07) is 19.1. The normalized spacial score (nSPS) is 12.8. The van der Waals surface area contributed by atoms with Gasteiger partial charge in [-0.25, -0.2) is 14.1 Å². The molecule has 182 valence electrons. The highest BCUT2D eigenvalue weighted by Gasteiger charge is 2.36. The molecule has 9 heteroatoms. The van der Waals surface area contributed by atoms with E-state index in [-0.39, 0.29) is 11.7 Å². The van der Waals surface area contributed by atoms with E-state index in [9.17, 15) is 9.18 Å². The molecule has 2 N–H and O–H groups in total. The first-order valence-electron chi connectivity index (χ1n) is 11.4. The topological polar surface area (TPSA) is 94.1 Å². The summed E-state index contributed by atoms with van der Waals surface area (Å²) in [5.41, 5.74) is 1.41. The summed E-state index contributed by atoms with van der Waals surface area (Å²) >= 11 is 0. The van der Waals surface area contributed by atoms with Crippen LogP contribution in [0.5, 0.6) is 11.5 Å². The molecule has 0 aliphatic heterocycles. The average Bonchev–Trinajstić information content (AvgIpc) is 3.59. The van der Waals surface area contributed by atoms with Crippen LogP contribution in [-0.4, -0.2) is 32.8 Å². The zero-order valence-electron chi connectivity index (χ0n) is 19.7. The van der Waals surface area contributed by atoms with E-state index in [2.05, 4.69) is 20.4 Å². The fourth-order valence-corrected chi connectivity index (χ4v) is 4.09. The Morgan fingerprint density at radius 1 is 1.08 bits per heavy atom. The molecule has 0 unspecified atom stereocenters. The SMILES string of the molecule is CC[C@@](NC(=O)c1cnc[nH]1)(Oc1ccc2c(cnn2-c2ccc(F)cc2)c1)c1cccc(OC)c1. The lowest BCUT2D eigenvalue weighted by Gasteiger charge is -2.35. The predicted molar refractivity (Wildman–Crippen MR) is 133 cm³/mol. The predicted octanol–water partition coefficient (Wildman–Crippen LogP) is 4.97. The smallest absolute Gasteiger partial charge is 0.272 e. The molecule has 0 spiro atoms. The minimum absolute atomic E-state index is 0.309. The third-order valence-corrected chi connectivity index (χ3v) is 5.99. The molecule has 8 nitrogen and oxygen atoms in total. The lowest BCUT2D eigenvalue weighted by molar-refractivity contribution is 0.0227. The van der Waals surface area contributed by atoms with Crippen molar-refractivity contribution in [3.63, 3.8) is 0 Å². The number of halogens is 1. The first-order valence-corrected chi connectivity index (χ1v) is 11.4. The van der Waals surface area contributed by atoms with Crippen LogP contribution in [0.15, 0.2) is 85.5 Å². The number of nitrogens with one attached hydrogen (secondary N) is 2. The second-order valence-electron chi connectivity index (χ2n) is 8.19. The van der Waals surface area contributed by atoms with Crippen molar-refractivity contribution >= 4 is 16.8 Å². The van der Waals surface area contributed by atoms with Crippen LogP contribution < -0.4 is 14.8 Å². The maximum atomic E-state index is 13.4. The number of carbonyl (C=O) groups excluding carboxylic acids is 1. The van der Waals surface area contributed by atoms with Crippen LogP contribution in [0.4, 0.5) is 4.39 Å². The van der Waals surface area contributed by atoms with Gasteiger partial charge in [0.15, 0.2) is 0 Å². The van der Waals surface area contributed by atoms with Crippen molar-refractivity contribution in [2.45, 2.75) is 19.1 Å². The number of hydrogen-bond acceptors (Lipinski definition) is 5. The summed E-state index contributed by atoms with van der Waals surface area (Å²) in [5.74, 6) is 0.510. The molecule has 0 bridgehead atoms. The number of benzene rings is 3. The number of aromatic nitrogens is 4. The summed E-state index contributed by atoms with van der Waals surface area (Å²) < 4.78 is 27.0. The number of methoxy groups -OCH3 is 1. The van der Waals surface area contributed by atoms with Gasteiger partial charge in [0.2, 0.25) is 5.72 Å². The van der Waals surface area contributed by atoms with E-state index in [0.717, 1.165) is 22.2 Å². The van der Waals surface area contributed by atoms with Crippen molar-refractivity contribution < 1.29 is 18.7 Å². The molecule has 36 heavy (non-hydrogen) atoms. The quantitative estimate of drug-likeness (QED) is 0.303. The van der Waals surface area contributed by atoms with E-state index in [0.29, 0.717) is 23.6 Å². The Labute approximate surface area is 206 Å². The lowest BCUT2D eigenvalue weighted by atomic mass is 9.98. The summed E-state index contributed by atoms with van der Waals surface area (Å²) in [6.45, 7) is 1.93. The number of amides is 1. The Morgan fingerprint density at radius 2 is 1.92 bits per heavy atom. The number of nitrogens with zero attached hydrogens (tertiary/aromatic N) is 3. The highest BCUT2D eigenvalue weighted by molar-refractivity contribution is 5.92. The molecule has 0 aliphatic carbocycles. The third-order valence-electron chi connectivity index (χ3n) is 5.99. The molecule has 0 saturated carbocycles. The monoisotopic (exact) mass is 485 g/mol. The summed E-state index contributed by atoms with van der Waals surface area (Å²) in [4.78, 5) is 19.8. The van der Waals surface area contributed by atoms with Crippen LogP contribution in [0, 0.1) is 5.82 Å². The van der Waals surface area contributed by atoms with Gasteiger partial charge in [-0.05, 0) is 54.6 Å². The van der Waals surface area contributed by atoms with Gasteiger partial charge in [-0.2, -0.15) is 5.10 Å². The zero-order chi connectivity index (χ0) is 25.1. The van der Waals surface area contributed by atoms with Gasteiger partial charge in [-0.1, -0.05) is 19.1 Å². The van der Waals surface area contributed by atoms with Crippen molar-refractivity contribution in [3.8, 4) is 17.2 Å². The Balaban J connectivity index is 1.53. The van der Waals surface area contributed by atoms with Gasteiger partial charge in [0, 0.05) is 17.4 Å². The summed E-state index contributed by atoms with van der Waals surface area (Å²) in [5, 5.41) is 8.32. The van der Waals surface area contributed by atoms with E-state index in [1.807, 2.05) is 49.4 Å². The third kappa shape index (κ3) is 4.38. The number of aromatic amines is 1. The molecule has 0 aliphatic rings. The highest BCUT2D eigenvalue weighted by atomic mass is 19.1. The summed E-state index contributed by atoms with van der Waals surface area (Å²) in [6.07, 6.45) is 5.04. The van der Waals surface area contributed by atoms with E-state index in [4.69, 9.17) is 9.47 Å². The van der Waals surface area contributed by atoms with Crippen molar-refractivity contribution in [2.75, 3.05) is 7.11 Å². The highest BCUT2D eigenvalue weighted by Crippen LogP contribution is 2.33. The molecule has 2 heterocycles. The molecule has 2 aromatic heterocycles. The number of ether oxygens (including phenoxy) is 2. The second-order valence-corrected chi connectivity index (χ2v) is 8.19. The molecular formula is C27H24FN5O3. The molecule has 3 aromatic carbocycles. The van der Waals surface area contributed by atoms with Crippen LogP contribution >= 0.6 is 0 Å². The molecular weight excluding hydrogens is 461 g/mol. The minimum Gasteiger partial charge on any atom is -0.497 e. The van der Waals surface area contributed by atoms with E-state index in [1.54, 1.807) is 30.1 Å². The molecule has 0 saturated heterocycles. The molecule has 1 amide bonds. The van der Waals surface area contributed by atoms with E-state index in [1.165, 1.54) is 24.7 Å². The standard InChI is InChI=1S/C27H24FN5O3/c1-3-27(19-5-4-6-22(14-19)35-2,32-26(34)24-16-29-17-30-24)36-23-11-12-25-18(13-23)15-31-33(25)21-9-7-20(28)8-10-21/h4-17H,3H2,1-2H3,(H,29,30)(H,32,34)/t27-/m1/s1. The van der Waals surface area contributed by atoms with Crippen LogP contribution in [0.3, 0.4) is 0 Å². The largest absolute Gasteiger partial charge is 0.497 e. The Bertz CT molecular complexity index is 1500. The van der Waals surface area contributed by atoms with Gasteiger partial charge in [0.05, 0.1) is 37.0 Å². The maximum Gasteiger partial charge on any atom is 0.272 e. The van der Waals surface area contributed by atoms with Crippen LogP contribution in [0.2, 0.25) is 0 Å².